The van der Waals surface area contributed by atoms with E-state index in [0.29, 0.717) is 16.5 Å². The summed E-state index contributed by atoms with van der Waals surface area (Å²) in [5, 5.41) is 77.6. The second-order valence-electron chi connectivity index (χ2n) is 19.4. The normalized spacial score (nSPS) is 13.8. The number of aliphatic carboxylic acids is 2. The summed E-state index contributed by atoms with van der Waals surface area (Å²) in [5.74, 6) is -17.0. The van der Waals surface area contributed by atoms with Gasteiger partial charge in [0.15, 0.2) is 5.43 Å². The van der Waals surface area contributed by atoms with E-state index in [1.165, 1.54) is 42.5 Å². The Hall–Kier alpha value is -10.8. The molecule has 0 bridgehead atoms. The molecule has 0 saturated carbocycles. The van der Waals surface area contributed by atoms with E-state index in [1.807, 2.05) is 10.6 Å². The SMILES string of the molecule is C[C@H](NC(=O)[C@H](CC(=O)O)NC(=O)[C@H](CCC(N)=O)NC(=O)[C@H](CC(=O)O)NC(=O)[C@H](CO)NC(=O)CNC(=O)c1ccc(-c2c3ccc(=O)cc-3oc3cc(O)ccc23)c(C(=O)O)c1)C(=O)N[C@H](C(=O)N[C@@H](Cc1ccccc1)C(N)=O)[C@@H](C)O. The van der Waals surface area contributed by atoms with E-state index in [0.717, 1.165) is 26.0 Å². The summed E-state index contributed by atoms with van der Waals surface area (Å²) in [4.78, 5) is 180. The van der Waals surface area contributed by atoms with E-state index in [9.17, 15) is 97.8 Å². The van der Waals surface area contributed by atoms with Crippen molar-refractivity contribution in [2.75, 3.05) is 13.2 Å². The minimum absolute atomic E-state index is 0.0563. The second-order valence-corrected chi connectivity index (χ2v) is 19.4. The van der Waals surface area contributed by atoms with Gasteiger partial charge in [0.25, 0.3) is 5.91 Å². The first-order valence-corrected chi connectivity index (χ1v) is 25.9. The number of nitrogens with one attached hydrogen (secondary N) is 8. The number of nitrogens with two attached hydrogens (primary N) is 2. The van der Waals surface area contributed by atoms with Crippen molar-refractivity contribution in [3.63, 3.8) is 0 Å². The van der Waals surface area contributed by atoms with Crippen LogP contribution in [0.25, 0.3) is 33.4 Å². The molecule has 1 heterocycles. The number of carbonyl (C=O) groups excluding carboxylic acids is 10. The lowest BCUT2D eigenvalue weighted by molar-refractivity contribution is -0.142. The maximum Gasteiger partial charge on any atom is 0.336 e. The molecule has 18 N–H and O–H groups in total. The molecule has 1 aliphatic carbocycles. The Kier molecular flexibility index (Phi) is 23.0. The van der Waals surface area contributed by atoms with Gasteiger partial charge in [0, 0.05) is 47.1 Å². The minimum atomic E-state index is -2.14. The molecular weight excluding hydrogens is 1140 g/mol. The van der Waals surface area contributed by atoms with E-state index in [4.69, 9.17) is 15.9 Å². The maximum atomic E-state index is 13.7. The standard InChI is InChI=1S/C55H60N10O21/c1-24(48(77)65-46(25(2)67)54(83)62-35(47(57)76)16-26-6-4-3-5-7-26)59-51(80)36(20-43(72)73)63-50(79)34(14-15-41(56)70)61-52(81)37(21-44(74)75)64-53(82)38(23-66)60-42(71)22-58-49(78)27-8-11-30(33(17-27)55(84)85)45-31-12-9-28(68)18-39(31)86-40-19-29(69)10-13-32(40)45/h3-13,17-19,24-25,34-38,46,66-68H,14-16,20-23H2,1-2H3,(H2,56,70)(H2,57,76)(H,58,78)(H,59,80)(H,60,71)(H,61,81)(H,62,83)(H,63,79)(H,64,82)(H,65,77)(H,72,73)(H,74,75)(H,84,85)/t24-,25+,34-,35-,36-,37-,38-,46-/m0/s1. The van der Waals surface area contributed by atoms with Crippen molar-refractivity contribution in [3.8, 4) is 28.2 Å². The Morgan fingerprint density at radius 3 is 1.77 bits per heavy atom. The van der Waals surface area contributed by atoms with Gasteiger partial charge in [0.2, 0.25) is 53.2 Å². The Bertz CT molecular complexity index is 3480. The predicted molar refractivity (Wildman–Crippen MR) is 296 cm³/mol. The number of fused-ring (bicyclic) bond motifs is 2. The fourth-order valence-electron chi connectivity index (χ4n) is 8.47. The van der Waals surface area contributed by atoms with Crippen LogP contribution in [0.1, 0.15) is 65.8 Å². The van der Waals surface area contributed by atoms with E-state index < -0.39 is 175 Å². The van der Waals surface area contributed by atoms with Gasteiger partial charge in [-0.3, -0.25) is 62.3 Å². The van der Waals surface area contributed by atoms with Gasteiger partial charge in [-0.25, -0.2) is 4.79 Å². The number of hydrogen-bond donors (Lipinski definition) is 16. The molecule has 5 rings (SSSR count). The Morgan fingerprint density at radius 2 is 1.19 bits per heavy atom. The molecule has 2 aliphatic rings. The number of carboxylic acids is 3. The van der Waals surface area contributed by atoms with Crippen LogP contribution in [-0.4, -0.2) is 169 Å². The van der Waals surface area contributed by atoms with Gasteiger partial charge in [-0.05, 0) is 67.8 Å². The third-order valence-corrected chi connectivity index (χ3v) is 12.8. The first-order chi connectivity index (χ1) is 40.6. The fourth-order valence-corrected chi connectivity index (χ4v) is 8.47. The highest BCUT2D eigenvalue weighted by atomic mass is 16.4. The van der Waals surface area contributed by atoms with Crippen LogP contribution in [0, 0.1) is 0 Å². The van der Waals surface area contributed by atoms with Crippen molar-refractivity contribution in [2.45, 2.75) is 94.3 Å². The topological polar surface area (TPSA) is 522 Å². The number of aliphatic hydroxyl groups excluding tert-OH is 2. The number of carbonyl (C=O) groups is 13. The molecule has 0 unspecified atom stereocenters. The first-order valence-electron chi connectivity index (χ1n) is 25.9. The highest BCUT2D eigenvalue weighted by molar-refractivity contribution is 6.09. The number of amides is 10. The summed E-state index contributed by atoms with van der Waals surface area (Å²) >= 11 is 0. The van der Waals surface area contributed by atoms with Crippen molar-refractivity contribution in [2.24, 2.45) is 11.5 Å². The van der Waals surface area contributed by atoms with Gasteiger partial charge in [0.05, 0.1) is 37.7 Å². The van der Waals surface area contributed by atoms with Crippen molar-refractivity contribution in [1.82, 2.24) is 42.5 Å². The molecule has 3 aromatic rings. The van der Waals surface area contributed by atoms with Crippen LogP contribution in [0.2, 0.25) is 0 Å². The third kappa shape index (κ3) is 18.3. The summed E-state index contributed by atoms with van der Waals surface area (Å²) in [6.07, 6.45) is -5.46. The molecule has 3 aromatic carbocycles. The van der Waals surface area contributed by atoms with Crippen LogP contribution in [0.5, 0.6) is 5.75 Å². The summed E-state index contributed by atoms with van der Waals surface area (Å²) in [6, 6.07) is 6.86. The number of aromatic hydroxyl groups is 1. The third-order valence-electron chi connectivity index (χ3n) is 12.8. The number of hydrogen-bond acceptors (Lipinski definition) is 18. The highest BCUT2D eigenvalue weighted by Gasteiger charge is 2.36. The van der Waals surface area contributed by atoms with Gasteiger partial charge in [-0.2, -0.15) is 0 Å². The van der Waals surface area contributed by atoms with Crippen molar-refractivity contribution in [3.05, 3.63) is 112 Å². The molecule has 31 heteroatoms. The first kappa shape index (κ1) is 66.0. The zero-order valence-corrected chi connectivity index (χ0v) is 45.6. The minimum Gasteiger partial charge on any atom is -0.508 e. The Morgan fingerprint density at radius 1 is 0.605 bits per heavy atom. The maximum absolute atomic E-state index is 13.7. The van der Waals surface area contributed by atoms with E-state index in [1.54, 1.807) is 30.3 Å². The molecule has 0 spiro atoms. The van der Waals surface area contributed by atoms with Crippen LogP contribution in [-0.2, 0) is 59.2 Å². The monoisotopic (exact) mass is 1200 g/mol. The Labute approximate surface area is 485 Å². The molecule has 8 atom stereocenters. The average Bonchev–Trinajstić information content (AvgIpc) is 1.20. The van der Waals surface area contributed by atoms with Crippen LogP contribution in [0.4, 0.5) is 0 Å². The van der Waals surface area contributed by atoms with Crippen LogP contribution in [0.15, 0.2) is 94.1 Å². The number of carboxylic acid groups (broad SMARTS) is 3. The fraction of sp³-hybridized carbons (Fsp3) is 0.309. The molecule has 456 valence electrons. The molecule has 0 saturated heterocycles. The number of aromatic carboxylic acids is 1. The van der Waals surface area contributed by atoms with E-state index in [-0.39, 0.29) is 40.2 Å². The number of rotatable bonds is 30. The van der Waals surface area contributed by atoms with Gasteiger partial charge < -0.3 is 89.1 Å². The van der Waals surface area contributed by atoms with Gasteiger partial charge in [-0.1, -0.05) is 36.4 Å². The molecule has 0 aromatic heterocycles. The lowest BCUT2D eigenvalue weighted by atomic mass is 9.90. The number of primary amides is 2. The van der Waals surface area contributed by atoms with Crippen molar-refractivity contribution in [1.29, 1.82) is 0 Å². The zero-order chi connectivity index (χ0) is 63.7. The van der Waals surface area contributed by atoms with Crippen molar-refractivity contribution < 1.29 is 97.4 Å². The van der Waals surface area contributed by atoms with Crippen LogP contribution >= 0.6 is 0 Å². The summed E-state index contributed by atoms with van der Waals surface area (Å²) in [6.45, 7) is 0.0563. The molecule has 0 radical (unpaired) electrons. The van der Waals surface area contributed by atoms with Crippen molar-refractivity contribution >= 4 is 87.9 Å². The molecule has 31 nitrogen and oxygen atoms in total. The predicted octanol–water partition coefficient (Wildman–Crippen LogP) is -3.57. The van der Waals surface area contributed by atoms with E-state index in [2.05, 4.69) is 31.9 Å². The number of benzene rings is 4. The lowest BCUT2D eigenvalue weighted by Crippen LogP contribution is -2.61. The van der Waals surface area contributed by atoms with Gasteiger partial charge in [0.1, 0.15) is 59.4 Å². The lowest BCUT2D eigenvalue weighted by Gasteiger charge is -2.27. The van der Waals surface area contributed by atoms with E-state index >= 15 is 0 Å². The molecular formula is C55H60N10O21. The molecule has 10 amide bonds. The highest BCUT2D eigenvalue weighted by Crippen LogP contribution is 2.42. The van der Waals surface area contributed by atoms with Crippen LogP contribution in [0.3, 0.4) is 0 Å². The number of phenols is 1. The Balaban J connectivity index is 1.23. The average molecular weight is 1200 g/mol. The number of aliphatic hydroxyl groups is 2. The summed E-state index contributed by atoms with van der Waals surface area (Å²) in [5.41, 5.74) is 10.9. The molecule has 86 heavy (non-hydrogen) atoms. The van der Waals surface area contributed by atoms with Crippen LogP contribution < -0.4 is 59.4 Å². The van der Waals surface area contributed by atoms with Gasteiger partial charge in [-0.15, -0.1) is 0 Å². The smallest absolute Gasteiger partial charge is 0.336 e. The van der Waals surface area contributed by atoms with Gasteiger partial charge >= 0.3 is 17.9 Å². The zero-order valence-electron chi connectivity index (χ0n) is 45.6. The summed E-state index contributed by atoms with van der Waals surface area (Å²) in [7, 11) is 0. The second kappa shape index (κ2) is 29.9. The molecule has 1 aliphatic heterocycles. The quantitative estimate of drug-likeness (QED) is 0.0198. The summed E-state index contributed by atoms with van der Waals surface area (Å²) < 4.78 is 5.82. The largest absolute Gasteiger partial charge is 0.508 e. The molecule has 0 fully saturated rings. The number of phenolic OH excluding ortho intramolecular Hbond substituents is 1.